The number of benzene rings is 2. The number of nitrogens with zero attached hydrogens (tertiary/aromatic N) is 2. The molecule has 0 radical (unpaired) electrons. The average Bonchev–Trinajstić information content (AvgIpc) is 2.70. The standard InChI is InChI=1S/C20H20ClN3O3S/c21-18-8-7-17(14-19(18)28(26,27)24-11-2-1-3-12-24)23-20(25)16-6-4-5-15(13-16)9-10-22/h4-8,13-14H,1-3,9,11-12H2,(H,23,25). The zero-order chi connectivity index (χ0) is 20.1. The summed E-state index contributed by atoms with van der Waals surface area (Å²) in [5, 5.41) is 11.6. The van der Waals surface area contributed by atoms with Crippen molar-refractivity contribution in [3.05, 3.63) is 58.6 Å². The molecule has 1 N–H and O–H groups in total. The van der Waals surface area contributed by atoms with E-state index in [-0.39, 0.29) is 22.2 Å². The van der Waals surface area contributed by atoms with Gasteiger partial charge in [-0.2, -0.15) is 9.57 Å². The molecule has 0 saturated carbocycles. The second kappa shape index (κ2) is 8.74. The van der Waals surface area contributed by atoms with Crippen molar-refractivity contribution in [1.82, 2.24) is 4.31 Å². The molecule has 1 aliphatic heterocycles. The highest BCUT2D eigenvalue weighted by molar-refractivity contribution is 7.89. The van der Waals surface area contributed by atoms with E-state index in [4.69, 9.17) is 16.9 Å². The first kappa shape index (κ1) is 20.3. The Hall–Kier alpha value is -2.40. The van der Waals surface area contributed by atoms with Crippen LogP contribution in [-0.4, -0.2) is 31.7 Å². The maximum Gasteiger partial charge on any atom is 0.255 e. The molecule has 1 heterocycles. The monoisotopic (exact) mass is 417 g/mol. The summed E-state index contributed by atoms with van der Waals surface area (Å²) in [6, 6.07) is 13.2. The normalized spacial score (nSPS) is 15.0. The van der Waals surface area contributed by atoms with E-state index in [1.807, 2.05) is 6.07 Å². The molecule has 1 saturated heterocycles. The summed E-state index contributed by atoms with van der Waals surface area (Å²) in [4.78, 5) is 12.5. The van der Waals surface area contributed by atoms with Crippen molar-refractivity contribution in [1.29, 1.82) is 5.26 Å². The maximum atomic E-state index is 12.9. The van der Waals surface area contributed by atoms with Gasteiger partial charge in [-0.05, 0) is 48.7 Å². The van der Waals surface area contributed by atoms with Crippen molar-refractivity contribution in [2.24, 2.45) is 0 Å². The molecule has 2 aromatic carbocycles. The fraction of sp³-hybridized carbons (Fsp3) is 0.300. The fourth-order valence-corrected chi connectivity index (χ4v) is 5.16. The molecular formula is C20H20ClN3O3S. The number of rotatable bonds is 5. The molecule has 0 aliphatic carbocycles. The maximum absolute atomic E-state index is 12.9. The van der Waals surface area contributed by atoms with Crippen LogP contribution in [0.4, 0.5) is 5.69 Å². The van der Waals surface area contributed by atoms with Crippen molar-refractivity contribution >= 4 is 33.2 Å². The summed E-state index contributed by atoms with van der Waals surface area (Å²) in [6.07, 6.45) is 2.87. The molecule has 3 rings (SSSR count). The number of piperidine rings is 1. The summed E-state index contributed by atoms with van der Waals surface area (Å²) in [7, 11) is -3.72. The zero-order valence-corrected chi connectivity index (χ0v) is 16.8. The lowest BCUT2D eigenvalue weighted by atomic mass is 10.1. The van der Waals surface area contributed by atoms with Gasteiger partial charge in [-0.3, -0.25) is 4.79 Å². The third-order valence-corrected chi connectivity index (χ3v) is 6.97. The first-order valence-corrected chi connectivity index (χ1v) is 10.8. The van der Waals surface area contributed by atoms with E-state index in [0.29, 0.717) is 24.3 Å². The molecule has 6 nitrogen and oxygen atoms in total. The molecule has 1 aliphatic rings. The molecule has 1 fully saturated rings. The van der Waals surface area contributed by atoms with Crippen LogP contribution in [0.5, 0.6) is 0 Å². The van der Waals surface area contributed by atoms with Gasteiger partial charge in [0.15, 0.2) is 0 Å². The van der Waals surface area contributed by atoms with Gasteiger partial charge in [-0.15, -0.1) is 0 Å². The number of hydrogen-bond acceptors (Lipinski definition) is 4. The van der Waals surface area contributed by atoms with Crippen LogP contribution in [0, 0.1) is 11.3 Å². The minimum Gasteiger partial charge on any atom is -0.322 e. The van der Waals surface area contributed by atoms with Crippen LogP contribution >= 0.6 is 11.6 Å². The Morgan fingerprint density at radius 3 is 2.61 bits per heavy atom. The van der Waals surface area contributed by atoms with Crippen molar-refractivity contribution in [2.45, 2.75) is 30.6 Å². The molecule has 28 heavy (non-hydrogen) atoms. The van der Waals surface area contributed by atoms with Crippen LogP contribution in [0.3, 0.4) is 0 Å². The smallest absolute Gasteiger partial charge is 0.255 e. The van der Waals surface area contributed by atoms with Crippen molar-refractivity contribution in [3.8, 4) is 6.07 Å². The number of nitriles is 1. The number of carbonyl (C=O) groups excluding carboxylic acids is 1. The zero-order valence-electron chi connectivity index (χ0n) is 15.2. The summed E-state index contributed by atoms with van der Waals surface area (Å²) in [6.45, 7) is 0.946. The van der Waals surface area contributed by atoms with E-state index < -0.39 is 10.0 Å². The Bertz CT molecular complexity index is 1030. The van der Waals surface area contributed by atoms with Gasteiger partial charge in [-0.25, -0.2) is 8.42 Å². The number of carbonyl (C=O) groups is 1. The van der Waals surface area contributed by atoms with E-state index in [0.717, 1.165) is 24.8 Å². The minimum absolute atomic E-state index is 0.00732. The molecular weight excluding hydrogens is 398 g/mol. The summed E-state index contributed by atoms with van der Waals surface area (Å²) < 4.78 is 27.3. The number of nitrogens with one attached hydrogen (secondary N) is 1. The Kier molecular flexibility index (Phi) is 6.35. The highest BCUT2D eigenvalue weighted by Gasteiger charge is 2.28. The molecule has 2 aromatic rings. The van der Waals surface area contributed by atoms with Crippen LogP contribution < -0.4 is 5.32 Å². The van der Waals surface area contributed by atoms with Gasteiger partial charge in [0.2, 0.25) is 10.0 Å². The van der Waals surface area contributed by atoms with Crippen LogP contribution in [0.2, 0.25) is 5.02 Å². The van der Waals surface area contributed by atoms with Gasteiger partial charge >= 0.3 is 0 Å². The van der Waals surface area contributed by atoms with Crippen LogP contribution in [0.15, 0.2) is 47.4 Å². The number of hydrogen-bond donors (Lipinski definition) is 1. The highest BCUT2D eigenvalue weighted by atomic mass is 35.5. The summed E-state index contributed by atoms with van der Waals surface area (Å²) in [5.74, 6) is -0.386. The van der Waals surface area contributed by atoms with E-state index in [2.05, 4.69) is 5.32 Å². The lowest BCUT2D eigenvalue weighted by Crippen LogP contribution is -2.35. The number of anilines is 1. The lowest BCUT2D eigenvalue weighted by Gasteiger charge is -2.26. The minimum atomic E-state index is -3.72. The van der Waals surface area contributed by atoms with Crippen molar-refractivity contribution in [3.63, 3.8) is 0 Å². The number of amides is 1. The van der Waals surface area contributed by atoms with Gasteiger partial charge < -0.3 is 5.32 Å². The average molecular weight is 418 g/mol. The van der Waals surface area contributed by atoms with Crippen LogP contribution in [0.25, 0.3) is 0 Å². The Morgan fingerprint density at radius 2 is 1.89 bits per heavy atom. The predicted octanol–water partition coefficient (Wildman–Crippen LogP) is 3.83. The Balaban J connectivity index is 1.84. The first-order chi connectivity index (χ1) is 13.4. The van der Waals surface area contributed by atoms with E-state index in [1.54, 1.807) is 30.3 Å². The molecule has 0 aromatic heterocycles. The predicted molar refractivity (Wildman–Crippen MR) is 108 cm³/mol. The summed E-state index contributed by atoms with van der Waals surface area (Å²) in [5.41, 5.74) is 1.47. The van der Waals surface area contributed by atoms with E-state index >= 15 is 0 Å². The van der Waals surface area contributed by atoms with Crippen molar-refractivity contribution in [2.75, 3.05) is 18.4 Å². The molecule has 0 atom stereocenters. The van der Waals surface area contributed by atoms with Gasteiger partial charge in [0, 0.05) is 24.3 Å². The second-order valence-electron chi connectivity index (χ2n) is 6.60. The van der Waals surface area contributed by atoms with Gasteiger partial charge in [0.05, 0.1) is 17.5 Å². The third kappa shape index (κ3) is 4.53. The molecule has 0 bridgehead atoms. The topological polar surface area (TPSA) is 90.3 Å². The van der Waals surface area contributed by atoms with Gasteiger partial charge in [-0.1, -0.05) is 30.2 Å². The number of sulfonamides is 1. The molecule has 0 unspecified atom stereocenters. The largest absolute Gasteiger partial charge is 0.322 e. The van der Waals surface area contributed by atoms with E-state index in [9.17, 15) is 13.2 Å². The third-order valence-electron chi connectivity index (χ3n) is 4.59. The molecule has 146 valence electrons. The van der Waals surface area contributed by atoms with Crippen LogP contribution in [-0.2, 0) is 16.4 Å². The number of halogens is 1. The van der Waals surface area contributed by atoms with Gasteiger partial charge in [0.1, 0.15) is 4.90 Å². The fourth-order valence-electron chi connectivity index (χ4n) is 3.14. The molecule has 1 amide bonds. The van der Waals surface area contributed by atoms with Crippen LogP contribution in [0.1, 0.15) is 35.2 Å². The molecule has 8 heteroatoms. The van der Waals surface area contributed by atoms with Gasteiger partial charge in [0.25, 0.3) is 5.91 Å². The van der Waals surface area contributed by atoms with E-state index in [1.165, 1.54) is 16.4 Å². The summed E-state index contributed by atoms with van der Waals surface area (Å²) >= 11 is 6.16. The quantitative estimate of drug-likeness (QED) is 0.800. The van der Waals surface area contributed by atoms with Crippen molar-refractivity contribution < 1.29 is 13.2 Å². The first-order valence-electron chi connectivity index (χ1n) is 8.99. The second-order valence-corrected chi connectivity index (χ2v) is 8.91. The lowest BCUT2D eigenvalue weighted by molar-refractivity contribution is 0.102. The Morgan fingerprint density at radius 1 is 1.14 bits per heavy atom. The molecule has 0 spiro atoms. The SMILES string of the molecule is N#CCc1cccc(C(=O)Nc2ccc(Cl)c(S(=O)(=O)N3CCCCC3)c2)c1. The Labute approximate surface area is 169 Å². The highest BCUT2D eigenvalue weighted by Crippen LogP contribution is 2.29.